The van der Waals surface area contributed by atoms with E-state index >= 15 is 0 Å². The summed E-state index contributed by atoms with van der Waals surface area (Å²) < 4.78 is 6.41. The van der Waals surface area contributed by atoms with Gasteiger partial charge in [0.1, 0.15) is 23.7 Å². The van der Waals surface area contributed by atoms with Crippen LogP contribution in [0.25, 0.3) is 0 Å². The first-order valence-corrected chi connectivity index (χ1v) is 8.77. The Labute approximate surface area is 166 Å². The predicted octanol–water partition coefficient (Wildman–Crippen LogP) is 3.51. The van der Waals surface area contributed by atoms with Crippen molar-refractivity contribution in [2.75, 3.05) is 18.5 Å². The molecule has 0 unspecified atom stereocenters. The molecule has 1 aliphatic rings. The van der Waals surface area contributed by atoms with Gasteiger partial charge in [0.2, 0.25) is 0 Å². The van der Waals surface area contributed by atoms with Gasteiger partial charge in [-0.05, 0) is 52.2 Å². The van der Waals surface area contributed by atoms with Gasteiger partial charge in [-0.15, -0.1) is 12.4 Å². The molecule has 1 atom stereocenters. The van der Waals surface area contributed by atoms with E-state index in [0.29, 0.717) is 30.4 Å². The minimum absolute atomic E-state index is 0. The van der Waals surface area contributed by atoms with Gasteiger partial charge in [-0.25, -0.2) is 4.98 Å². The molecule has 8 heteroatoms. The summed E-state index contributed by atoms with van der Waals surface area (Å²) in [5.74, 6) is 0.222. The number of benzene rings is 1. The number of hydrogen-bond donors (Lipinski definition) is 2. The number of aromatic nitrogens is 1. The van der Waals surface area contributed by atoms with Crippen molar-refractivity contribution >= 4 is 45.8 Å². The molecule has 0 aliphatic carbocycles. The molecule has 6 nitrogen and oxygen atoms in total. The van der Waals surface area contributed by atoms with Gasteiger partial charge in [0.25, 0.3) is 5.91 Å². The molecule has 3 N–H and O–H groups in total. The molecule has 0 saturated carbocycles. The summed E-state index contributed by atoms with van der Waals surface area (Å²) in [4.78, 5) is 21.1. The van der Waals surface area contributed by atoms with E-state index in [4.69, 9.17) is 10.5 Å². The summed E-state index contributed by atoms with van der Waals surface area (Å²) in [5.41, 5.74) is 7.35. The van der Waals surface area contributed by atoms with Gasteiger partial charge in [0.15, 0.2) is 0 Å². The van der Waals surface area contributed by atoms with Crippen molar-refractivity contribution < 1.29 is 9.53 Å². The van der Waals surface area contributed by atoms with Crippen molar-refractivity contribution in [3.05, 3.63) is 58.3 Å². The quantitative estimate of drug-likeness (QED) is 0.763. The lowest BCUT2D eigenvalue weighted by Gasteiger charge is -2.33. The first-order chi connectivity index (χ1) is 12.0. The number of carbonyl (C=O) groups is 1. The lowest BCUT2D eigenvalue weighted by molar-refractivity contribution is 0.0951. The highest BCUT2D eigenvalue weighted by Gasteiger charge is 2.33. The lowest BCUT2D eigenvalue weighted by Crippen LogP contribution is -2.39. The number of hydrogen-bond acceptors (Lipinski definition) is 5. The van der Waals surface area contributed by atoms with E-state index in [1.54, 1.807) is 18.3 Å². The molecule has 1 aliphatic heterocycles. The van der Waals surface area contributed by atoms with E-state index in [2.05, 4.69) is 31.2 Å². The molecule has 1 aromatic carbocycles. The first kappa shape index (κ1) is 20.4. The van der Waals surface area contributed by atoms with Crippen LogP contribution < -0.4 is 11.1 Å². The van der Waals surface area contributed by atoms with Gasteiger partial charge < -0.3 is 15.8 Å². The molecule has 2 heterocycles. The Kier molecular flexibility index (Phi) is 6.75. The van der Waals surface area contributed by atoms with Gasteiger partial charge in [-0.2, -0.15) is 0 Å². The van der Waals surface area contributed by atoms with Gasteiger partial charge in [0.05, 0.1) is 6.61 Å². The largest absolute Gasteiger partial charge is 0.386 e. The van der Waals surface area contributed by atoms with Gasteiger partial charge in [-0.1, -0.05) is 19.1 Å². The minimum atomic E-state index is -0.515. The molecule has 1 aromatic heterocycles. The summed E-state index contributed by atoms with van der Waals surface area (Å²) in [7, 11) is 0. The fourth-order valence-corrected chi connectivity index (χ4v) is 3.02. The average Bonchev–Trinajstić information content (AvgIpc) is 2.62. The number of pyridine rings is 1. The third-order valence-electron chi connectivity index (χ3n) is 4.15. The summed E-state index contributed by atoms with van der Waals surface area (Å²) in [6.07, 6.45) is 2.34. The highest BCUT2D eigenvalue weighted by Crippen LogP contribution is 2.33. The fraction of sp³-hybridized carbons (Fsp3) is 0.278. The van der Waals surface area contributed by atoms with Crippen LogP contribution in [0.2, 0.25) is 0 Å². The Morgan fingerprint density at radius 2 is 2.19 bits per heavy atom. The van der Waals surface area contributed by atoms with E-state index in [-0.39, 0.29) is 18.3 Å². The minimum Gasteiger partial charge on any atom is -0.386 e. The maximum atomic E-state index is 12.4. The molecule has 0 radical (unpaired) electrons. The lowest BCUT2D eigenvalue weighted by atomic mass is 9.87. The number of anilines is 1. The van der Waals surface area contributed by atoms with E-state index in [1.165, 1.54) is 0 Å². The van der Waals surface area contributed by atoms with Crippen molar-refractivity contribution in [2.45, 2.75) is 18.9 Å². The topological polar surface area (TPSA) is 89.6 Å². The zero-order valence-corrected chi connectivity index (χ0v) is 16.6. The molecule has 0 saturated heterocycles. The van der Waals surface area contributed by atoms with Crippen molar-refractivity contribution in [1.29, 1.82) is 0 Å². The predicted molar refractivity (Wildman–Crippen MR) is 108 cm³/mol. The Morgan fingerprint density at radius 1 is 1.38 bits per heavy atom. The number of ether oxygens (including phenoxy) is 1. The number of amides is 1. The zero-order chi connectivity index (χ0) is 17.9. The second-order valence-electron chi connectivity index (χ2n) is 5.88. The highest BCUT2D eigenvalue weighted by molar-refractivity contribution is 9.10. The molecule has 1 amide bonds. The normalized spacial score (nSPS) is 19.2. The van der Waals surface area contributed by atoms with Crippen LogP contribution in [0.5, 0.6) is 0 Å². The van der Waals surface area contributed by atoms with Gasteiger partial charge >= 0.3 is 0 Å². The van der Waals surface area contributed by atoms with Crippen LogP contribution in [0, 0.1) is 0 Å². The summed E-state index contributed by atoms with van der Waals surface area (Å²) >= 11 is 3.30. The zero-order valence-electron chi connectivity index (χ0n) is 14.2. The fourth-order valence-electron chi connectivity index (χ4n) is 2.79. The standard InChI is InChI=1S/C18H19BrN4O2.ClH/c1-2-18(11-25-10-16(20)23-18)12-4-3-5-14(8-12)22-17(24)15-7-6-13(19)9-21-15;/h3-9H,2,10-11H2,1H3,(H2,20,23)(H,22,24);1H/t18-;/m1./s1. The van der Waals surface area contributed by atoms with Crippen LogP contribution in [0.3, 0.4) is 0 Å². The Balaban J connectivity index is 0.00000243. The smallest absolute Gasteiger partial charge is 0.274 e. The van der Waals surface area contributed by atoms with Crippen molar-refractivity contribution in [1.82, 2.24) is 4.98 Å². The van der Waals surface area contributed by atoms with Gasteiger partial charge in [-0.3, -0.25) is 9.79 Å². The Bertz CT molecular complexity index is 813. The number of rotatable bonds is 4. The number of amidine groups is 1. The van der Waals surface area contributed by atoms with Crippen LogP contribution in [0.1, 0.15) is 29.4 Å². The molecular weight excluding hydrogens is 420 g/mol. The molecular formula is C18H20BrClN4O2. The van der Waals surface area contributed by atoms with E-state index < -0.39 is 5.54 Å². The molecule has 0 fully saturated rings. The number of nitrogens with zero attached hydrogens (tertiary/aromatic N) is 2. The molecule has 0 spiro atoms. The summed E-state index contributed by atoms with van der Waals surface area (Å²) in [6.45, 7) is 2.87. The second kappa shape index (κ2) is 8.62. The van der Waals surface area contributed by atoms with Crippen molar-refractivity contribution in [2.24, 2.45) is 10.7 Å². The van der Waals surface area contributed by atoms with Crippen molar-refractivity contribution in [3.8, 4) is 0 Å². The highest BCUT2D eigenvalue weighted by atomic mass is 79.9. The summed E-state index contributed by atoms with van der Waals surface area (Å²) in [5, 5.41) is 2.87. The van der Waals surface area contributed by atoms with Crippen LogP contribution in [0.4, 0.5) is 5.69 Å². The van der Waals surface area contributed by atoms with E-state index in [1.807, 2.05) is 31.2 Å². The van der Waals surface area contributed by atoms with Crippen LogP contribution in [0.15, 0.2) is 52.1 Å². The number of nitrogens with two attached hydrogens (primary N) is 1. The number of nitrogens with one attached hydrogen (secondary N) is 1. The monoisotopic (exact) mass is 438 g/mol. The SMILES string of the molecule is CC[C@]1(c2cccc(NC(=O)c3ccc(Br)cn3)c2)COCC(N)=N1.Cl. The molecule has 26 heavy (non-hydrogen) atoms. The van der Waals surface area contributed by atoms with E-state index in [9.17, 15) is 4.79 Å². The summed E-state index contributed by atoms with van der Waals surface area (Å²) in [6, 6.07) is 11.0. The van der Waals surface area contributed by atoms with E-state index in [0.717, 1.165) is 16.5 Å². The van der Waals surface area contributed by atoms with Crippen LogP contribution in [-0.4, -0.2) is 29.9 Å². The maximum absolute atomic E-state index is 12.4. The molecule has 3 rings (SSSR count). The Hall–Kier alpha value is -1.96. The molecule has 0 bridgehead atoms. The molecule has 138 valence electrons. The number of carbonyl (C=O) groups excluding carboxylic acids is 1. The third kappa shape index (κ3) is 4.41. The van der Waals surface area contributed by atoms with Crippen LogP contribution >= 0.6 is 28.3 Å². The van der Waals surface area contributed by atoms with Gasteiger partial charge in [0, 0.05) is 16.4 Å². The molecule has 2 aromatic rings. The maximum Gasteiger partial charge on any atom is 0.274 e. The van der Waals surface area contributed by atoms with Crippen LogP contribution in [-0.2, 0) is 10.3 Å². The Morgan fingerprint density at radius 3 is 2.85 bits per heavy atom. The van der Waals surface area contributed by atoms with Crippen molar-refractivity contribution in [3.63, 3.8) is 0 Å². The number of halogens is 2. The third-order valence-corrected chi connectivity index (χ3v) is 4.62. The average molecular weight is 440 g/mol. The number of aliphatic imine (C=N–C) groups is 1. The first-order valence-electron chi connectivity index (χ1n) is 7.98. The second-order valence-corrected chi connectivity index (χ2v) is 6.79.